The van der Waals surface area contributed by atoms with Crippen LogP contribution in [0.4, 0.5) is 0 Å². The SMILES string of the molecule is COc1cc(C(=O)N(Cc2ccccn2)C2CCCNCC2)cc2c1OCCO2. The van der Waals surface area contributed by atoms with Crippen molar-refractivity contribution in [2.24, 2.45) is 0 Å². The molecule has 1 unspecified atom stereocenters. The fourth-order valence-corrected chi connectivity index (χ4v) is 3.91. The van der Waals surface area contributed by atoms with Gasteiger partial charge < -0.3 is 24.4 Å². The van der Waals surface area contributed by atoms with Crippen LogP contribution >= 0.6 is 0 Å². The maximum absolute atomic E-state index is 13.6. The number of nitrogens with one attached hydrogen (secondary N) is 1. The van der Waals surface area contributed by atoms with E-state index < -0.39 is 0 Å². The van der Waals surface area contributed by atoms with Crippen LogP contribution in [0.3, 0.4) is 0 Å². The molecule has 1 aromatic heterocycles. The van der Waals surface area contributed by atoms with Gasteiger partial charge in [-0.2, -0.15) is 0 Å². The number of fused-ring (bicyclic) bond motifs is 1. The molecule has 2 aromatic rings. The monoisotopic (exact) mass is 397 g/mol. The van der Waals surface area contributed by atoms with E-state index in [-0.39, 0.29) is 11.9 Å². The van der Waals surface area contributed by atoms with Crippen LogP contribution in [0, 0.1) is 0 Å². The van der Waals surface area contributed by atoms with E-state index in [0.29, 0.717) is 42.6 Å². The first-order chi connectivity index (χ1) is 14.3. The highest BCUT2D eigenvalue weighted by molar-refractivity contribution is 5.96. The van der Waals surface area contributed by atoms with E-state index in [4.69, 9.17) is 14.2 Å². The highest BCUT2D eigenvalue weighted by atomic mass is 16.6. The topological polar surface area (TPSA) is 72.9 Å². The fourth-order valence-electron chi connectivity index (χ4n) is 3.91. The Morgan fingerprint density at radius 3 is 2.97 bits per heavy atom. The first-order valence-corrected chi connectivity index (χ1v) is 10.2. The molecule has 0 aliphatic carbocycles. The lowest BCUT2D eigenvalue weighted by atomic mass is 10.0. The van der Waals surface area contributed by atoms with Crippen molar-refractivity contribution >= 4 is 5.91 Å². The molecule has 7 heteroatoms. The van der Waals surface area contributed by atoms with E-state index in [1.165, 1.54) is 0 Å². The van der Waals surface area contributed by atoms with Crippen LogP contribution in [0.5, 0.6) is 17.2 Å². The molecule has 0 bridgehead atoms. The average molecular weight is 397 g/mol. The second kappa shape index (κ2) is 9.13. The molecule has 1 aromatic carbocycles. The standard InChI is InChI=1S/C22H27N3O4/c1-27-19-13-16(14-20-21(19)29-12-11-28-20)22(26)25(15-17-5-2-3-9-24-17)18-6-4-8-23-10-7-18/h2-3,5,9,13-14,18,23H,4,6-8,10-12,15H2,1H3. The van der Waals surface area contributed by atoms with E-state index in [1.807, 2.05) is 23.1 Å². The minimum Gasteiger partial charge on any atom is -0.493 e. The van der Waals surface area contributed by atoms with Gasteiger partial charge in [-0.05, 0) is 56.6 Å². The summed E-state index contributed by atoms with van der Waals surface area (Å²) >= 11 is 0. The highest BCUT2D eigenvalue weighted by Gasteiger charge is 2.28. The summed E-state index contributed by atoms with van der Waals surface area (Å²) in [6.45, 7) is 3.29. The highest BCUT2D eigenvalue weighted by Crippen LogP contribution is 2.40. The third-order valence-electron chi connectivity index (χ3n) is 5.38. The van der Waals surface area contributed by atoms with Gasteiger partial charge in [-0.3, -0.25) is 9.78 Å². The molecule has 4 rings (SSSR count). The van der Waals surface area contributed by atoms with Crippen LogP contribution in [0.25, 0.3) is 0 Å². The van der Waals surface area contributed by atoms with Crippen LogP contribution in [-0.4, -0.2) is 55.2 Å². The van der Waals surface area contributed by atoms with Gasteiger partial charge in [0.15, 0.2) is 11.5 Å². The number of methoxy groups -OCH3 is 1. The number of amides is 1. The summed E-state index contributed by atoms with van der Waals surface area (Å²) in [7, 11) is 1.57. The molecule has 2 aliphatic rings. The Bertz CT molecular complexity index is 818. The van der Waals surface area contributed by atoms with Gasteiger partial charge >= 0.3 is 0 Å². The summed E-state index contributed by atoms with van der Waals surface area (Å²) in [6, 6.07) is 9.46. The number of nitrogens with zero attached hydrogens (tertiary/aromatic N) is 2. The maximum Gasteiger partial charge on any atom is 0.254 e. The van der Waals surface area contributed by atoms with E-state index >= 15 is 0 Å². The summed E-state index contributed by atoms with van der Waals surface area (Å²) in [5.41, 5.74) is 1.42. The predicted molar refractivity (Wildman–Crippen MR) is 109 cm³/mol. The number of hydrogen-bond acceptors (Lipinski definition) is 6. The first-order valence-electron chi connectivity index (χ1n) is 10.2. The number of carbonyl (C=O) groups is 1. The lowest BCUT2D eigenvalue weighted by Gasteiger charge is -2.31. The summed E-state index contributed by atoms with van der Waals surface area (Å²) in [5, 5.41) is 3.42. The number of hydrogen-bond donors (Lipinski definition) is 1. The molecule has 29 heavy (non-hydrogen) atoms. The number of carbonyl (C=O) groups excluding carboxylic acids is 1. The zero-order valence-electron chi connectivity index (χ0n) is 16.7. The van der Waals surface area contributed by atoms with E-state index in [2.05, 4.69) is 10.3 Å². The molecule has 1 fully saturated rings. The lowest BCUT2D eigenvalue weighted by Crippen LogP contribution is -2.40. The minimum absolute atomic E-state index is 0.0437. The summed E-state index contributed by atoms with van der Waals surface area (Å²) in [6.07, 6.45) is 4.69. The zero-order chi connectivity index (χ0) is 20.1. The van der Waals surface area contributed by atoms with Crippen LogP contribution in [0.1, 0.15) is 35.3 Å². The molecule has 7 nitrogen and oxygen atoms in total. The normalized spacial score (nSPS) is 18.6. The fraction of sp³-hybridized carbons (Fsp3) is 0.455. The van der Waals surface area contributed by atoms with Crippen molar-refractivity contribution < 1.29 is 19.0 Å². The number of ether oxygens (including phenoxy) is 3. The molecule has 2 aliphatic heterocycles. The largest absolute Gasteiger partial charge is 0.493 e. The van der Waals surface area contributed by atoms with E-state index in [0.717, 1.165) is 38.0 Å². The van der Waals surface area contributed by atoms with Crippen molar-refractivity contribution in [3.8, 4) is 17.2 Å². The molecule has 154 valence electrons. The molecular weight excluding hydrogens is 370 g/mol. The van der Waals surface area contributed by atoms with Crippen molar-refractivity contribution in [3.63, 3.8) is 0 Å². The van der Waals surface area contributed by atoms with E-state index in [1.54, 1.807) is 25.4 Å². The van der Waals surface area contributed by atoms with Crippen molar-refractivity contribution in [2.45, 2.75) is 31.8 Å². The van der Waals surface area contributed by atoms with Gasteiger partial charge in [0.25, 0.3) is 5.91 Å². The molecule has 1 amide bonds. The molecule has 1 atom stereocenters. The number of rotatable bonds is 5. The minimum atomic E-state index is -0.0437. The van der Waals surface area contributed by atoms with Crippen molar-refractivity contribution in [1.29, 1.82) is 0 Å². The number of benzene rings is 1. The van der Waals surface area contributed by atoms with Crippen LogP contribution in [0.2, 0.25) is 0 Å². The quantitative estimate of drug-likeness (QED) is 0.836. The molecule has 1 N–H and O–H groups in total. The Hall–Kier alpha value is -2.80. The van der Waals surface area contributed by atoms with Crippen LogP contribution in [-0.2, 0) is 6.54 Å². The Morgan fingerprint density at radius 2 is 2.14 bits per heavy atom. The molecule has 3 heterocycles. The third kappa shape index (κ3) is 4.45. The average Bonchev–Trinajstić information content (AvgIpc) is 3.06. The Kier molecular flexibility index (Phi) is 6.14. The van der Waals surface area contributed by atoms with Gasteiger partial charge in [0.2, 0.25) is 5.75 Å². The predicted octanol–water partition coefficient (Wildman–Crippen LogP) is 2.65. The zero-order valence-corrected chi connectivity index (χ0v) is 16.7. The van der Waals surface area contributed by atoms with Crippen molar-refractivity contribution in [3.05, 3.63) is 47.8 Å². The molecule has 0 spiro atoms. The third-order valence-corrected chi connectivity index (χ3v) is 5.38. The van der Waals surface area contributed by atoms with Gasteiger partial charge in [0.05, 0.1) is 19.3 Å². The summed E-state index contributed by atoms with van der Waals surface area (Å²) in [5.74, 6) is 1.59. The molecule has 0 radical (unpaired) electrons. The van der Waals surface area contributed by atoms with Gasteiger partial charge in [-0.15, -0.1) is 0 Å². The van der Waals surface area contributed by atoms with E-state index in [9.17, 15) is 4.79 Å². The van der Waals surface area contributed by atoms with Crippen LogP contribution in [0.15, 0.2) is 36.5 Å². The maximum atomic E-state index is 13.6. The summed E-state index contributed by atoms with van der Waals surface area (Å²) in [4.78, 5) is 20.0. The Labute approximate surface area is 171 Å². The smallest absolute Gasteiger partial charge is 0.254 e. The number of pyridine rings is 1. The molecule has 1 saturated heterocycles. The van der Waals surface area contributed by atoms with Crippen LogP contribution < -0.4 is 19.5 Å². The molecular formula is C22H27N3O4. The Balaban J connectivity index is 1.67. The van der Waals surface area contributed by atoms with Crippen molar-refractivity contribution in [1.82, 2.24) is 15.2 Å². The van der Waals surface area contributed by atoms with Gasteiger partial charge in [-0.1, -0.05) is 6.07 Å². The van der Waals surface area contributed by atoms with Crippen molar-refractivity contribution in [2.75, 3.05) is 33.4 Å². The first kappa shape index (κ1) is 19.5. The van der Waals surface area contributed by atoms with Gasteiger partial charge in [-0.25, -0.2) is 0 Å². The number of aromatic nitrogens is 1. The van der Waals surface area contributed by atoms with Gasteiger partial charge in [0.1, 0.15) is 13.2 Å². The lowest BCUT2D eigenvalue weighted by molar-refractivity contribution is 0.0640. The second-order valence-corrected chi connectivity index (χ2v) is 7.29. The summed E-state index contributed by atoms with van der Waals surface area (Å²) < 4.78 is 16.9. The van der Waals surface area contributed by atoms with Gasteiger partial charge in [0, 0.05) is 17.8 Å². The molecule has 0 saturated carbocycles. The second-order valence-electron chi connectivity index (χ2n) is 7.29. The Morgan fingerprint density at radius 1 is 1.24 bits per heavy atom.